The van der Waals surface area contributed by atoms with Crippen molar-refractivity contribution in [3.8, 4) is 0 Å². The van der Waals surface area contributed by atoms with E-state index < -0.39 is 0 Å². The van der Waals surface area contributed by atoms with Crippen LogP contribution in [0.1, 0.15) is 16.7 Å². The van der Waals surface area contributed by atoms with Crippen LogP contribution in [0, 0.1) is 19.7 Å². The van der Waals surface area contributed by atoms with Gasteiger partial charge in [-0.05, 0) is 49.2 Å². The molecule has 3 heteroatoms. The third kappa shape index (κ3) is 2.68. The summed E-state index contributed by atoms with van der Waals surface area (Å²) < 4.78 is 13.1. The molecule has 0 unspecified atom stereocenters. The molecule has 3 N–H and O–H groups in total. The zero-order valence-electron chi connectivity index (χ0n) is 10.6. The van der Waals surface area contributed by atoms with Gasteiger partial charge >= 0.3 is 0 Å². The predicted molar refractivity (Wildman–Crippen MR) is 73.5 cm³/mol. The number of nitrogens with one attached hydrogen (secondary N) is 1. The van der Waals surface area contributed by atoms with Gasteiger partial charge in [0.05, 0.1) is 0 Å². The van der Waals surface area contributed by atoms with Gasteiger partial charge in [-0.3, -0.25) is 0 Å². The van der Waals surface area contributed by atoms with E-state index in [0.29, 0.717) is 6.54 Å². The van der Waals surface area contributed by atoms with Crippen LogP contribution in [0.15, 0.2) is 36.4 Å². The molecule has 0 fully saturated rings. The third-order valence-electron chi connectivity index (χ3n) is 2.94. The number of halogens is 1. The largest absolute Gasteiger partial charge is 0.355 e. The average molecular weight is 244 g/mol. The van der Waals surface area contributed by atoms with Gasteiger partial charge in [0.25, 0.3) is 0 Å². The second-order valence-corrected chi connectivity index (χ2v) is 4.45. The van der Waals surface area contributed by atoms with Crippen LogP contribution >= 0.6 is 0 Å². The molecule has 0 saturated carbocycles. The number of aryl methyl sites for hydroxylation is 2. The summed E-state index contributed by atoms with van der Waals surface area (Å²) in [4.78, 5) is 0. The zero-order chi connectivity index (χ0) is 13.1. The van der Waals surface area contributed by atoms with E-state index in [1.54, 1.807) is 6.07 Å². The van der Waals surface area contributed by atoms with E-state index in [0.717, 1.165) is 22.5 Å². The Morgan fingerprint density at radius 1 is 1.06 bits per heavy atom. The molecule has 0 aliphatic rings. The fourth-order valence-corrected chi connectivity index (χ4v) is 1.95. The second kappa shape index (κ2) is 5.19. The van der Waals surface area contributed by atoms with Crippen molar-refractivity contribution in [3.05, 3.63) is 58.9 Å². The van der Waals surface area contributed by atoms with Crippen LogP contribution in [0.25, 0.3) is 0 Å². The van der Waals surface area contributed by atoms with E-state index in [2.05, 4.69) is 18.3 Å². The molecule has 2 aromatic rings. The lowest BCUT2D eigenvalue weighted by molar-refractivity contribution is 0.626. The molecule has 0 spiro atoms. The Balaban J connectivity index is 2.33. The summed E-state index contributed by atoms with van der Waals surface area (Å²) in [5.41, 5.74) is 10.6. The molecule has 0 aromatic heterocycles. The highest BCUT2D eigenvalue weighted by Crippen LogP contribution is 2.24. The summed E-state index contributed by atoms with van der Waals surface area (Å²) in [6.07, 6.45) is 0. The first-order valence-electron chi connectivity index (χ1n) is 5.93. The van der Waals surface area contributed by atoms with Crippen molar-refractivity contribution in [2.45, 2.75) is 20.4 Å². The maximum atomic E-state index is 13.1. The minimum atomic E-state index is -0.262. The highest BCUT2D eigenvalue weighted by atomic mass is 19.1. The molecular formula is C15H17FN2. The predicted octanol–water partition coefficient (Wildman–Crippen LogP) is 3.64. The van der Waals surface area contributed by atoms with E-state index in [9.17, 15) is 4.39 Å². The van der Waals surface area contributed by atoms with Crippen LogP contribution in [0.4, 0.5) is 15.8 Å². The SMILES string of the molecule is Cc1ccc(Nc2ccc(F)cc2CN)c(C)c1. The molecule has 0 saturated heterocycles. The summed E-state index contributed by atoms with van der Waals surface area (Å²) in [6.45, 7) is 4.41. The maximum absolute atomic E-state index is 13.1. The Hall–Kier alpha value is -1.87. The first-order valence-corrected chi connectivity index (χ1v) is 5.93. The highest BCUT2D eigenvalue weighted by molar-refractivity contribution is 5.66. The molecular weight excluding hydrogens is 227 g/mol. The summed E-state index contributed by atoms with van der Waals surface area (Å²) in [6, 6.07) is 10.8. The Labute approximate surface area is 107 Å². The van der Waals surface area contributed by atoms with E-state index in [1.807, 2.05) is 19.1 Å². The first-order chi connectivity index (χ1) is 8.60. The molecule has 18 heavy (non-hydrogen) atoms. The maximum Gasteiger partial charge on any atom is 0.123 e. The molecule has 0 heterocycles. The normalized spacial score (nSPS) is 10.4. The lowest BCUT2D eigenvalue weighted by Crippen LogP contribution is -2.03. The fourth-order valence-electron chi connectivity index (χ4n) is 1.95. The van der Waals surface area contributed by atoms with Crippen molar-refractivity contribution in [3.63, 3.8) is 0 Å². The lowest BCUT2D eigenvalue weighted by atomic mass is 10.1. The van der Waals surface area contributed by atoms with Gasteiger partial charge in [0.1, 0.15) is 5.82 Å². The number of rotatable bonds is 3. The Bertz CT molecular complexity index is 564. The summed E-state index contributed by atoms with van der Waals surface area (Å²) in [5, 5.41) is 3.30. The number of anilines is 2. The highest BCUT2D eigenvalue weighted by Gasteiger charge is 2.05. The molecule has 0 amide bonds. The van der Waals surface area contributed by atoms with Crippen LogP contribution in [0.2, 0.25) is 0 Å². The van der Waals surface area contributed by atoms with Crippen LogP contribution in [-0.4, -0.2) is 0 Å². The first kappa shape index (κ1) is 12.6. The van der Waals surface area contributed by atoms with Crippen LogP contribution in [0.5, 0.6) is 0 Å². The smallest absolute Gasteiger partial charge is 0.123 e. The molecule has 0 aliphatic heterocycles. The molecule has 2 aromatic carbocycles. The standard InChI is InChI=1S/C15H17FN2/c1-10-3-5-14(11(2)7-10)18-15-6-4-13(16)8-12(15)9-17/h3-8,18H,9,17H2,1-2H3. The van der Waals surface area contributed by atoms with Gasteiger partial charge in [0.15, 0.2) is 0 Å². The Morgan fingerprint density at radius 3 is 2.44 bits per heavy atom. The van der Waals surface area contributed by atoms with Crippen molar-refractivity contribution >= 4 is 11.4 Å². The van der Waals surface area contributed by atoms with Gasteiger partial charge in [-0.1, -0.05) is 17.7 Å². The van der Waals surface area contributed by atoms with Crippen LogP contribution in [0.3, 0.4) is 0 Å². The molecule has 0 atom stereocenters. The topological polar surface area (TPSA) is 38.0 Å². The minimum absolute atomic E-state index is 0.262. The van der Waals surface area contributed by atoms with Gasteiger partial charge in [0.2, 0.25) is 0 Å². The van der Waals surface area contributed by atoms with Gasteiger partial charge in [-0.15, -0.1) is 0 Å². The van der Waals surface area contributed by atoms with Crippen molar-refractivity contribution < 1.29 is 4.39 Å². The van der Waals surface area contributed by atoms with Gasteiger partial charge in [-0.25, -0.2) is 4.39 Å². The zero-order valence-corrected chi connectivity index (χ0v) is 10.6. The average Bonchev–Trinajstić information content (AvgIpc) is 2.34. The molecule has 2 rings (SSSR count). The number of benzene rings is 2. The van der Waals surface area contributed by atoms with E-state index in [-0.39, 0.29) is 5.82 Å². The van der Waals surface area contributed by atoms with E-state index in [4.69, 9.17) is 5.73 Å². The lowest BCUT2D eigenvalue weighted by Gasteiger charge is -2.13. The molecule has 0 aliphatic carbocycles. The third-order valence-corrected chi connectivity index (χ3v) is 2.94. The van der Waals surface area contributed by atoms with E-state index >= 15 is 0 Å². The molecule has 2 nitrogen and oxygen atoms in total. The monoisotopic (exact) mass is 244 g/mol. The van der Waals surface area contributed by atoms with Gasteiger partial charge in [-0.2, -0.15) is 0 Å². The Kier molecular flexibility index (Phi) is 3.63. The Morgan fingerprint density at radius 2 is 1.78 bits per heavy atom. The second-order valence-electron chi connectivity index (χ2n) is 4.45. The number of hydrogen-bond acceptors (Lipinski definition) is 2. The molecule has 94 valence electrons. The van der Waals surface area contributed by atoms with Crippen molar-refractivity contribution in [1.29, 1.82) is 0 Å². The fraction of sp³-hybridized carbons (Fsp3) is 0.200. The minimum Gasteiger partial charge on any atom is -0.355 e. The number of nitrogens with two attached hydrogens (primary N) is 1. The summed E-state index contributed by atoms with van der Waals surface area (Å²) >= 11 is 0. The van der Waals surface area contributed by atoms with Crippen LogP contribution in [-0.2, 0) is 6.54 Å². The van der Waals surface area contributed by atoms with Crippen molar-refractivity contribution in [2.75, 3.05) is 5.32 Å². The summed E-state index contributed by atoms with van der Waals surface area (Å²) in [5.74, 6) is -0.262. The quantitative estimate of drug-likeness (QED) is 0.865. The molecule has 0 bridgehead atoms. The van der Waals surface area contributed by atoms with Crippen LogP contribution < -0.4 is 11.1 Å². The van der Waals surface area contributed by atoms with Crippen molar-refractivity contribution in [1.82, 2.24) is 0 Å². The van der Waals surface area contributed by atoms with Gasteiger partial charge < -0.3 is 11.1 Å². The summed E-state index contributed by atoms with van der Waals surface area (Å²) in [7, 11) is 0. The number of hydrogen-bond donors (Lipinski definition) is 2. The van der Waals surface area contributed by atoms with Crippen molar-refractivity contribution in [2.24, 2.45) is 5.73 Å². The van der Waals surface area contributed by atoms with Gasteiger partial charge in [0, 0.05) is 17.9 Å². The molecule has 0 radical (unpaired) electrons. The van der Waals surface area contributed by atoms with E-state index in [1.165, 1.54) is 17.7 Å².